The lowest BCUT2D eigenvalue weighted by atomic mass is 9.89. The SMILES string of the molecule is CCCC(C)C(NC)c1ccc2c(c1)-c1ccccc1C2. The summed E-state index contributed by atoms with van der Waals surface area (Å²) in [5, 5.41) is 3.52. The molecule has 0 bridgehead atoms. The summed E-state index contributed by atoms with van der Waals surface area (Å²) in [6.45, 7) is 4.62. The molecule has 1 heteroatoms. The van der Waals surface area contributed by atoms with Crippen molar-refractivity contribution in [2.75, 3.05) is 7.05 Å². The summed E-state index contributed by atoms with van der Waals surface area (Å²) in [6, 6.07) is 16.3. The fourth-order valence-corrected chi connectivity index (χ4v) is 3.74. The molecule has 2 aromatic carbocycles. The van der Waals surface area contributed by atoms with Crippen LogP contribution in [-0.2, 0) is 6.42 Å². The van der Waals surface area contributed by atoms with Crippen molar-refractivity contribution in [2.24, 2.45) is 5.92 Å². The van der Waals surface area contributed by atoms with Crippen molar-refractivity contribution >= 4 is 0 Å². The van der Waals surface area contributed by atoms with E-state index in [0.29, 0.717) is 12.0 Å². The first-order chi connectivity index (χ1) is 10.2. The van der Waals surface area contributed by atoms with Crippen LogP contribution in [0.1, 0.15) is 49.4 Å². The Labute approximate surface area is 128 Å². The Morgan fingerprint density at radius 2 is 1.81 bits per heavy atom. The summed E-state index contributed by atoms with van der Waals surface area (Å²) in [7, 11) is 2.08. The van der Waals surface area contributed by atoms with Gasteiger partial charge in [0.15, 0.2) is 0 Å². The minimum atomic E-state index is 0.447. The molecule has 0 aromatic heterocycles. The Balaban J connectivity index is 1.97. The van der Waals surface area contributed by atoms with Gasteiger partial charge in [-0.2, -0.15) is 0 Å². The van der Waals surface area contributed by atoms with Crippen molar-refractivity contribution in [1.29, 1.82) is 0 Å². The monoisotopic (exact) mass is 279 g/mol. The third kappa shape index (κ3) is 2.63. The Kier molecular flexibility index (Phi) is 4.12. The van der Waals surface area contributed by atoms with Gasteiger partial charge < -0.3 is 5.32 Å². The fourth-order valence-electron chi connectivity index (χ4n) is 3.74. The van der Waals surface area contributed by atoms with Crippen LogP contribution in [0.3, 0.4) is 0 Å². The van der Waals surface area contributed by atoms with Crippen molar-refractivity contribution < 1.29 is 0 Å². The van der Waals surface area contributed by atoms with Crippen LogP contribution in [0.5, 0.6) is 0 Å². The van der Waals surface area contributed by atoms with Gasteiger partial charge in [-0.1, -0.05) is 56.7 Å². The van der Waals surface area contributed by atoms with E-state index in [-0.39, 0.29) is 0 Å². The predicted octanol–water partition coefficient (Wildman–Crippen LogP) is 4.95. The van der Waals surface area contributed by atoms with Crippen LogP contribution in [-0.4, -0.2) is 7.05 Å². The zero-order chi connectivity index (χ0) is 14.8. The van der Waals surface area contributed by atoms with E-state index in [9.17, 15) is 0 Å². The average Bonchev–Trinajstić information content (AvgIpc) is 2.86. The van der Waals surface area contributed by atoms with Gasteiger partial charge in [0.2, 0.25) is 0 Å². The molecule has 1 aliphatic carbocycles. The molecule has 110 valence electrons. The Bertz CT molecular complexity index is 629. The van der Waals surface area contributed by atoms with E-state index in [1.165, 1.54) is 40.7 Å². The van der Waals surface area contributed by atoms with E-state index in [4.69, 9.17) is 0 Å². The molecule has 1 nitrogen and oxygen atoms in total. The predicted molar refractivity (Wildman–Crippen MR) is 90.6 cm³/mol. The number of fused-ring (bicyclic) bond motifs is 3. The van der Waals surface area contributed by atoms with Crippen LogP contribution in [0.2, 0.25) is 0 Å². The van der Waals surface area contributed by atoms with Gasteiger partial charge in [0.05, 0.1) is 0 Å². The maximum Gasteiger partial charge on any atom is 0.0343 e. The lowest BCUT2D eigenvalue weighted by molar-refractivity contribution is 0.384. The van der Waals surface area contributed by atoms with Crippen LogP contribution >= 0.6 is 0 Å². The summed E-state index contributed by atoms with van der Waals surface area (Å²) in [5.74, 6) is 0.662. The number of nitrogens with one attached hydrogen (secondary N) is 1. The van der Waals surface area contributed by atoms with Crippen molar-refractivity contribution in [3.8, 4) is 11.1 Å². The maximum absolute atomic E-state index is 3.52. The number of hydrogen-bond acceptors (Lipinski definition) is 1. The molecule has 0 fully saturated rings. The standard InChI is InChI=1S/C20H25N/c1-4-7-14(2)20(21-3)17-11-10-16-12-15-8-5-6-9-18(15)19(16)13-17/h5-6,8-11,13-14,20-21H,4,7,12H2,1-3H3. The summed E-state index contributed by atoms with van der Waals surface area (Å²) in [6.07, 6.45) is 3.59. The second-order valence-corrected chi connectivity index (χ2v) is 6.28. The van der Waals surface area contributed by atoms with E-state index in [1.807, 2.05) is 0 Å². The first-order valence-electron chi connectivity index (χ1n) is 8.13. The summed E-state index contributed by atoms with van der Waals surface area (Å²) in [5.41, 5.74) is 7.22. The number of hydrogen-bond donors (Lipinski definition) is 1. The highest BCUT2D eigenvalue weighted by Gasteiger charge is 2.22. The first kappa shape index (κ1) is 14.3. The summed E-state index contributed by atoms with van der Waals surface area (Å²) < 4.78 is 0. The molecule has 0 aliphatic heterocycles. The number of rotatable bonds is 5. The number of benzene rings is 2. The molecule has 0 saturated carbocycles. The highest BCUT2D eigenvalue weighted by Crippen LogP contribution is 2.38. The van der Waals surface area contributed by atoms with E-state index in [2.05, 4.69) is 68.7 Å². The minimum Gasteiger partial charge on any atom is -0.313 e. The lowest BCUT2D eigenvalue weighted by Crippen LogP contribution is -2.23. The highest BCUT2D eigenvalue weighted by atomic mass is 14.9. The van der Waals surface area contributed by atoms with Crippen molar-refractivity contribution in [1.82, 2.24) is 5.32 Å². The van der Waals surface area contributed by atoms with Crippen molar-refractivity contribution in [3.05, 3.63) is 59.2 Å². The minimum absolute atomic E-state index is 0.447. The van der Waals surface area contributed by atoms with Crippen LogP contribution < -0.4 is 5.32 Å². The molecule has 0 heterocycles. The summed E-state index contributed by atoms with van der Waals surface area (Å²) >= 11 is 0. The van der Waals surface area contributed by atoms with Crippen LogP contribution in [0.15, 0.2) is 42.5 Å². The molecule has 1 N–H and O–H groups in total. The molecule has 21 heavy (non-hydrogen) atoms. The molecular weight excluding hydrogens is 254 g/mol. The second kappa shape index (κ2) is 6.03. The van der Waals surface area contributed by atoms with Crippen LogP contribution in [0, 0.1) is 5.92 Å². The molecule has 0 amide bonds. The molecule has 1 aliphatic rings. The van der Waals surface area contributed by atoms with Crippen LogP contribution in [0.25, 0.3) is 11.1 Å². The quantitative estimate of drug-likeness (QED) is 0.696. The Hall–Kier alpha value is -1.60. The molecule has 0 radical (unpaired) electrons. The zero-order valence-corrected chi connectivity index (χ0v) is 13.3. The summed E-state index contributed by atoms with van der Waals surface area (Å²) in [4.78, 5) is 0. The van der Waals surface area contributed by atoms with Gasteiger partial charge in [-0.15, -0.1) is 0 Å². The second-order valence-electron chi connectivity index (χ2n) is 6.28. The van der Waals surface area contributed by atoms with Crippen LogP contribution in [0.4, 0.5) is 0 Å². The highest BCUT2D eigenvalue weighted by molar-refractivity contribution is 5.77. The third-order valence-corrected chi connectivity index (χ3v) is 4.81. The average molecular weight is 279 g/mol. The molecule has 2 aromatic rings. The molecule has 0 saturated heterocycles. The van der Waals surface area contributed by atoms with Crippen molar-refractivity contribution in [3.63, 3.8) is 0 Å². The van der Waals surface area contributed by atoms with E-state index in [1.54, 1.807) is 0 Å². The largest absolute Gasteiger partial charge is 0.313 e. The zero-order valence-electron chi connectivity index (χ0n) is 13.3. The van der Waals surface area contributed by atoms with Crippen molar-refractivity contribution in [2.45, 2.75) is 39.2 Å². The smallest absolute Gasteiger partial charge is 0.0343 e. The van der Waals surface area contributed by atoms with E-state index in [0.717, 1.165) is 6.42 Å². The van der Waals surface area contributed by atoms with Gasteiger partial charge in [0.1, 0.15) is 0 Å². The normalized spacial score (nSPS) is 15.4. The lowest BCUT2D eigenvalue weighted by Gasteiger charge is -2.24. The van der Waals surface area contributed by atoms with Gasteiger partial charge in [0, 0.05) is 6.04 Å². The van der Waals surface area contributed by atoms with E-state index < -0.39 is 0 Å². The Morgan fingerprint density at radius 3 is 2.57 bits per heavy atom. The Morgan fingerprint density at radius 1 is 1.05 bits per heavy atom. The molecule has 3 rings (SSSR count). The molecule has 2 unspecified atom stereocenters. The van der Waals surface area contributed by atoms with Gasteiger partial charge in [0.25, 0.3) is 0 Å². The molecule has 2 atom stereocenters. The first-order valence-corrected chi connectivity index (χ1v) is 8.13. The maximum atomic E-state index is 3.52. The van der Waals surface area contributed by atoms with Gasteiger partial charge in [-0.05, 0) is 59.7 Å². The van der Waals surface area contributed by atoms with E-state index >= 15 is 0 Å². The third-order valence-electron chi connectivity index (χ3n) is 4.81. The molecular formula is C20H25N. The topological polar surface area (TPSA) is 12.0 Å². The molecule has 0 spiro atoms. The van der Waals surface area contributed by atoms with Gasteiger partial charge >= 0.3 is 0 Å². The fraction of sp³-hybridized carbons (Fsp3) is 0.400. The van der Waals surface area contributed by atoms with Gasteiger partial charge in [-0.3, -0.25) is 0 Å². The van der Waals surface area contributed by atoms with Gasteiger partial charge in [-0.25, -0.2) is 0 Å².